The third-order valence-electron chi connectivity index (χ3n) is 2.63. The van der Waals surface area contributed by atoms with Crippen molar-refractivity contribution in [2.75, 3.05) is 5.73 Å². The van der Waals surface area contributed by atoms with Gasteiger partial charge in [0.05, 0.1) is 5.56 Å². The fourth-order valence-electron chi connectivity index (χ4n) is 1.59. The fraction of sp³-hybridized carbons (Fsp3) is 0.143. The molecule has 2 rings (SSSR count). The predicted octanol–water partition coefficient (Wildman–Crippen LogP) is 4.01. The highest BCUT2D eigenvalue weighted by Gasteiger charge is 2.34. The molecule has 0 saturated heterocycles. The lowest BCUT2D eigenvalue weighted by molar-refractivity contribution is -0.140. The molecule has 0 radical (unpaired) electrons. The number of hydrogen-bond donors (Lipinski definition) is 1. The van der Waals surface area contributed by atoms with Crippen LogP contribution in [0.5, 0.6) is 5.75 Å². The summed E-state index contributed by atoms with van der Waals surface area (Å²) >= 11 is 0. The van der Waals surface area contributed by atoms with Crippen LogP contribution in [0.1, 0.15) is 11.1 Å². The predicted molar refractivity (Wildman–Crippen MR) is 66.6 cm³/mol. The van der Waals surface area contributed by atoms with Gasteiger partial charge in [0, 0.05) is 5.69 Å². The zero-order valence-corrected chi connectivity index (χ0v) is 10.2. The van der Waals surface area contributed by atoms with Crippen LogP contribution in [0, 0.1) is 5.82 Å². The van der Waals surface area contributed by atoms with Crippen molar-refractivity contribution in [3.8, 4) is 5.75 Å². The largest absolute Gasteiger partial charge is 0.489 e. The topological polar surface area (TPSA) is 35.2 Å². The van der Waals surface area contributed by atoms with E-state index in [0.29, 0.717) is 11.8 Å². The summed E-state index contributed by atoms with van der Waals surface area (Å²) in [6.45, 7) is 0.0726. The van der Waals surface area contributed by atoms with Crippen LogP contribution in [0.2, 0.25) is 0 Å². The molecular formula is C14H11F4NO. The first kappa shape index (κ1) is 14.2. The standard InChI is InChI=1S/C14H11F4NO/c15-13-6-5-11(7-12(13)14(16,17)18)20-8-9-1-3-10(19)4-2-9/h1-7H,8,19H2. The lowest BCUT2D eigenvalue weighted by atomic mass is 10.2. The summed E-state index contributed by atoms with van der Waals surface area (Å²) in [6.07, 6.45) is -4.75. The van der Waals surface area contributed by atoms with Crippen molar-refractivity contribution in [3.63, 3.8) is 0 Å². The quantitative estimate of drug-likeness (QED) is 0.683. The molecule has 2 N–H and O–H groups in total. The van der Waals surface area contributed by atoms with Gasteiger partial charge in [-0.1, -0.05) is 12.1 Å². The maximum Gasteiger partial charge on any atom is 0.419 e. The highest BCUT2D eigenvalue weighted by atomic mass is 19.4. The Labute approximate surface area is 112 Å². The number of nitrogen functional groups attached to an aromatic ring is 1. The van der Waals surface area contributed by atoms with E-state index in [0.717, 1.165) is 17.7 Å². The molecule has 106 valence electrons. The number of anilines is 1. The lowest BCUT2D eigenvalue weighted by Crippen LogP contribution is -2.08. The van der Waals surface area contributed by atoms with E-state index >= 15 is 0 Å². The van der Waals surface area contributed by atoms with Gasteiger partial charge in [0.15, 0.2) is 0 Å². The molecule has 0 aliphatic rings. The Kier molecular flexibility index (Phi) is 3.83. The minimum Gasteiger partial charge on any atom is -0.489 e. The molecule has 0 aliphatic heterocycles. The molecule has 0 fully saturated rings. The molecule has 0 aliphatic carbocycles. The highest BCUT2D eigenvalue weighted by Crippen LogP contribution is 2.33. The number of rotatable bonds is 3. The van der Waals surface area contributed by atoms with Gasteiger partial charge in [-0.3, -0.25) is 0 Å². The van der Waals surface area contributed by atoms with Crippen LogP contribution in [0.25, 0.3) is 0 Å². The molecule has 2 aromatic rings. The van der Waals surface area contributed by atoms with Crippen LogP contribution in [-0.2, 0) is 12.8 Å². The van der Waals surface area contributed by atoms with E-state index in [1.165, 1.54) is 0 Å². The summed E-state index contributed by atoms with van der Waals surface area (Å²) < 4.78 is 55.9. The Morgan fingerprint density at radius 2 is 1.65 bits per heavy atom. The number of nitrogens with two attached hydrogens (primary N) is 1. The second-order valence-corrected chi connectivity index (χ2v) is 4.17. The molecule has 0 saturated carbocycles. The molecule has 6 heteroatoms. The molecule has 0 unspecified atom stereocenters. The SMILES string of the molecule is Nc1ccc(COc2ccc(F)c(C(F)(F)F)c2)cc1. The van der Waals surface area contributed by atoms with E-state index in [2.05, 4.69) is 0 Å². The Balaban J connectivity index is 2.12. The Bertz CT molecular complexity index is 593. The molecule has 0 bridgehead atoms. The monoisotopic (exact) mass is 285 g/mol. The molecule has 0 aromatic heterocycles. The molecule has 20 heavy (non-hydrogen) atoms. The van der Waals surface area contributed by atoms with Crippen molar-refractivity contribution in [1.29, 1.82) is 0 Å². The minimum absolute atomic E-state index is 0.0458. The van der Waals surface area contributed by atoms with Gasteiger partial charge in [0.1, 0.15) is 18.2 Å². The van der Waals surface area contributed by atoms with Gasteiger partial charge in [-0.2, -0.15) is 13.2 Å². The summed E-state index contributed by atoms with van der Waals surface area (Å²) in [5.41, 5.74) is 5.50. The van der Waals surface area contributed by atoms with Gasteiger partial charge < -0.3 is 10.5 Å². The van der Waals surface area contributed by atoms with Crippen LogP contribution in [0.3, 0.4) is 0 Å². The summed E-state index contributed by atoms with van der Waals surface area (Å²) in [7, 11) is 0. The van der Waals surface area contributed by atoms with Crippen molar-refractivity contribution in [2.45, 2.75) is 12.8 Å². The van der Waals surface area contributed by atoms with Crippen molar-refractivity contribution in [3.05, 3.63) is 59.4 Å². The number of halogens is 4. The zero-order valence-electron chi connectivity index (χ0n) is 10.2. The number of hydrogen-bond acceptors (Lipinski definition) is 2. The third-order valence-corrected chi connectivity index (χ3v) is 2.63. The molecule has 0 heterocycles. The molecule has 0 atom stereocenters. The molecule has 0 spiro atoms. The maximum atomic E-state index is 13.1. The van der Waals surface area contributed by atoms with Crippen molar-refractivity contribution in [1.82, 2.24) is 0 Å². The summed E-state index contributed by atoms with van der Waals surface area (Å²) in [5.74, 6) is -1.37. The van der Waals surface area contributed by atoms with Gasteiger partial charge >= 0.3 is 6.18 Å². The van der Waals surface area contributed by atoms with Crippen molar-refractivity contribution < 1.29 is 22.3 Å². The van der Waals surface area contributed by atoms with E-state index in [9.17, 15) is 17.6 Å². The van der Waals surface area contributed by atoms with Crippen LogP contribution < -0.4 is 10.5 Å². The number of ether oxygens (including phenoxy) is 1. The zero-order chi connectivity index (χ0) is 14.8. The molecule has 2 nitrogen and oxygen atoms in total. The average molecular weight is 285 g/mol. The van der Waals surface area contributed by atoms with E-state index in [4.69, 9.17) is 10.5 Å². The Morgan fingerprint density at radius 3 is 2.25 bits per heavy atom. The van der Waals surface area contributed by atoms with Gasteiger partial charge in [-0.05, 0) is 35.9 Å². The van der Waals surface area contributed by atoms with Crippen molar-refractivity contribution >= 4 is 5.69 Å². The highest BCUT2D eigenvalue weighted by molar-refractivity contribution is 5.39. The van der Waals surface area contributed by atoms with Gasteiger partial charge in [0.25, 0.3) is 0 Å². The van der Waals surface area contributed by atoms with Crippen LogP contribution in [-0.4, -0.2) is 0 Å². The van der Waals surface area contributed by atoms with E-state index in [-0.39, 0.29) is 12.4 Å². The smallest absolute Gasteiger partial charge is 0.419 e. The molecule has 0 amide bonds. The van der Waals surface area contributed by atoms with Crippen LogP contribution in [0.4, 0.5) is 23.2 Å². The van der Waals surface area contributed by atoms with Crippen LogP contribution >= 0.6 is 0 Å². The van der Waals surface area contributed by atoms with Gasteiger partial charge in [0.2, 0.25) is 0 Å². The first-order valence-corrected chi connectivity index (χ1v) is 5.70. The lowest BCUT2D eigenvalue weighted by Gasteiger charge is -2.11. The second-order valence-electron chi connectivity index (χ2n) is 4.17. The van der Waals surface area contributed by atoms with Gasteiger partial charge in [-0.15, -0.1) is 0 Å². The Hall–Kier alpha value is -2.24. The van der Waals surface area contributed by atoms with Crippen molar-refractivity contribution in [2.24, 2.45) is 0 Å². The maximum absolute atomic E-state index is 13.1. The second kappa shape index (κ2) is 5.40. The van der Waals surface area contributed by atoms with E-state index in [1.54, 1.807) is 24.3 Å². The van der Waals surface area contributed by atoms with Crippen LogP contribution in [0.15, 0.2) is 42.5 Å². The minimum atomic E-state index is -4.75. The molecular weight excluding hydrogens is 274 g/mol. The molecule has 2 aromatic carbocycles. The van der Waals surface area contributed by atoms with E-state index in [1.807, 2.05) is 0 Å². The average Bonchev–Trinajstić information content (AvgIpc) is 2.38. The normalized spacial score (nSPS) is 11.4. The summed E-state index contributed by atoms with van der Waals surface area (Å²) in [4.78, 5) is 0. The first-order valence-electron chi connectivity index (χ1n) is 5.70. The van der Waals surface area contributed by atoms with Gasteiger partial charge in [-0.25, -0.2) is 4.39 Å². The summed E-state index contributed by atoms with van der Waals surface area (Å²) in [6, 6.07) is 9.25. The first-order chi connectivity index (χ1) is 9.36. The number of benzene rings is 2. The number of alkyl halides is 3. The third kappa shape index (κ3) is 3.40. The Morgan fingerprint density at radius 1 is 1.00 bits per heavy atom. The van der Waals surface area contributed by atoms with E-state index < -0.39 is 17.6 Å². The fourth-order valence-corrected chi connectivity index (χ4v) is 1.59. The summed E-state index contributed by atoms with van der Waals surface area (Å²) in [5, 5.41) is 0.